The van der Waals surface area contributed by atoms with Gasteiger partial charge in [0.05, 0.1) is 18.4 Å². The number of hydrogen-bond donors (Lipinski definition) is 1. The molecule has 0 saturated heterocycles. The Hall–Kier alpha value is -1.65. The summed E-state index contributed by atoms with van der Waals surface area (Å²) >= 11 is 0. The predicted molar refractivity (Wildman–Crippen MR) is 56.5 cm³/mol. The van der Waals surface area contributed by atoms with Crippen LogP contribution in [0.5, 0.6) is 0 Å². The van der Waals surface area contributed by atoms with Crippen LogP contribution >= 0.6 is 0 Å². The lowest BCUT2D eigenvalue weighted by atomic mass is 10.1. The van der Waals surface area contributed by atoms with E-state index in [1.165, 1.54) is 7.11 Å². The maximum absolute atomic E-state index is 13.0. The summed E-state index contributed by atoms with van der Waals surface area (Å²) in [6.45, 7) is 3.64. The summed E-state index contributed by atoms with van der Waals surface area (Å²) < 4.78 is 30.5. The molecule has 0 spiro atoms. The van der Waals surface area contributed by atoms with Crippen molar-refractivity contribution in [1.29, 1.82) is 0 Å². The Morgan fingerprint density at radius 3 is 2.38 bits per heavy atom. The Balaban J connectivity index is 3.21. The summed E-state index contributed by atoms with van der Waals surface area (Å²) in [5, 5.41) is 2.85. The SMILES string of the molecule is COC(=O)c1cc(F)c(F)cc1NC(C)C. The van der Waals surface area contributed by atoms with E-state index < -0.39 is 17.6 Å². The Labute approximate surface area is 92.4 Å². The maximum atomic E-state index is 13.0. The van der Waals surface area contributed by atoms with Crippen LogP contribution < -0.4 is 5.32 Å². The van der Waals surface area contributed by atoms with Crippen LogP contribution in [0.25, 0.3) is 0 Å². The first-order chi connectivity index (χ1) is 7.45. The van der Waals surface area contributed by atoms with Crippen molar-refractivity contribution in [2.45, 2.75) is 19.9 Å². The van der Waals surface area contributed by atoms with Crippen LogP contribution in [0, 0.1) is 11.6 Å². The van der Waals surface area contributed by atoms with Crippen molar-refractivity contribution in [2.24, 2.45) is 0 Å². The first-order valence-corrected chi connectivity index (χ1v) is 4.79. The normalized spacial score (nSPS) is 10.4. The van der Waals surface area contributed by atoms with Crippen LogP contribution in [0.2, 0.25) is 0 Å². The van der Waals surface area contributed by atoms with E-state index in [0.717, 1.165) is 12.1 Å². The van der Waals surface area contributed by atoms with Gasteiger partial charge in [0.25, 0.3) is 0 Å². The minimum Gasteiger partial charge on any atom is -0.465 e. The van der Waals surface area contributed by atoms with Gasteiger partial charge in [0.1, 0.15) is 0 Å². The molecule has 0 bridgehead atoms. The second-order valence-corrected chi connectivity index (χ2v) is 3.60. The Morgan fingerprint density at radius 2 is 1.88 bits per heavy atom. The van der Waals surface area contributed by atoms with Crippen molar-refractivity contribution in [3.8, 4) is 0 Å². The lowest BCUT2D eigenvalue weighted by Crippen LogP contribution is -2.15. The molecule has 1 rings (SSSR count). The van der Waals surface area contributed by atoms with E-state index >= 15 is 0 Å². The number of ether oxygens (including phenoxy) is 1. The van der Waals surface area contributed by atoms with Gasteiger partial charge in [-0.05, 0) is 19.9 Å². The molecule has 0 saturated carbocycles. The molecule has 0 heterocycles. The number of methoxy groups -OCH3 is 1. The molecule has 1 aromatic rings. The average molecular weight is 229 g/mol. The van der Waals surface area contributed by atoms with Gasteiger partial charge in [-0.3, -0.25) is 0 Å². The zero-order valence-electron chi connectivity index (χ0n) is 9.30. The minimum atomic E-state index is -1.07. The summed E-state index contributed by atoms with van der Waals surface area (Å²) in [7, 11) is 1.18. The molecule has 5 heteroatoms. The second-order valence-electron chi connectivity index (χ2n) is 3.60. The second kappa shape index (κ2) is 4.92. The Bertz CT molecular complexity index is 405. The van der Waals surface area contributed by atoms with Crippen LogP contribution in [0.1, 0.15) is 24.2 Å². The molecule has 3 nitrogen and oxygen atoms in total. The average Bonchev–Trinajstić information content (AvgIpc) is 2.21. The third-order valence-corrected chi connectivity index (χ3v) is 1.91. The number of carbonyl (C=O) groups is 1. The molecule has 0 aliphatic rings. The van der Waals surface area contributed by atoms with Gasteiger partial charge in [-0.2, -0.15) is 0 Å². The molecule has 1 N–H and O–H groups in total. The third kappa shape index (κ3) is 2.68. The summed E-state index contributed by atoms with van der Waals surface area (Å²) in [5.41, 5.74) is 0.204. The number of halogens is 2. The van der Waals surface area contributed by atoms with Crippen molar-refractivity contribution in [1.82, 2.24) is 0 Å². The van der Waals surface area contributed by atoms with Crippen molar-refractivity contribution in [3.05, 3.63) is 29.3 Å². The van der Waals surface area contributed by atoms with Gasteiger partial charge in [-0.25, -0.2) is 13.6 Å². The summed E-state index contributed by atoms with van der Waals surface area (Å²) in [6, 6.07) is 1.77. The minimum absolute atomic E-state index is 0.00623. The molecule has 0 aliphatic heterocycles. The molecule has 0 aliphatic carbocycles. The molecule has 0 atom stereocenters. The molecule has 0 amide bonds. The smallest absolute Gasteiger partial charge is 0.340 e. The van der Waals surface area contributed by atoms with E-state index in [-0.39, 0.29) is 17.3 Å². The zero-order valence-corrected chi connectivity index (χ0v) is 9.30. The lowest BCUT2D eigenvalue weighted by Gasteiger charge is -2.13. The number of rotatable bonds is 3. The highest BCUT2D eigenvalue weighted by Gasteiger charge is 2.16. The van der Waals surface area contributed by atoms with E-state index in [2.05, 4.69) is 10.1 Å². The van der Waals surface area contributed by atoms with Gasteiger partial charge >= 0.3 is 5.97 Å². The first-order valence-electron chi connectivity index (χ1n) is 4.79. The van der Waals surface area contributed by atoms with Crippen LogP contribution in [-0.4, -0.2) is 19.1 Å². The van der Waals surface area contributed by atoms with E-state index in [9.17, 15) is 13.6 Å². The van der Waals surface area contributed by atoms with Crippen molar-refractivity contribution < 1.29 is 18.3 Å². The zero-order chi connectivity index (χ0) is 12.3. The van der Waals surface area contributed by atoms with Crippen molar-refractivity contribution in [3.63, 3.8) is 0 Å². The maximum Gasteiger partial charge on any atom is 0.340 e. The Morgan fingerprint density at radius 1 is 1.31 bits per heavy atom. The molecular weight excluding hydrogens is 216 g/mol. The number of nitrogens with one attached hydrogen (secondary N) is 1. The van der Waals surface area contributed by atoms with Gasteiger partial charge in [0.2, 0.25) is 0 Å². The predicted octanol–water partition coefficient (Wildman–Crippen LogP) is 2.57. The number of carbonyl (C=O) groups excluding carboxylic acids is 1. The highest BCUT2D eigenvalue weighted by atomic mass is 19.2. The number of benzene rings is 1. The van der Waals surface area contributed by atoms with Gasteiger partial charge in [0, 0.05) is 12.1 Å². The highest BCUT2D eigenvalue weighted by Crippen LogP contribution is 2.21. The fourth-order valence-corrected chi connectivity index (χ4v) is 1.26. The van der Waals surface area contributed by atoms with Crippen LogP contribution in [0.3, 0.4) is 0 Å². The number of esters is 1. The van der Waals surface area contributed by atoms with Crippen LogP contribution in [-0.2, 0) is 4.74 Å². The lowest BCUT2D eigenvalue weighted by molar-refractivity contribution is 0.0601. The number of anilines is 1. The van der Waals surface area contributed by atoms with Gasteiger partial charge < -0.3 is 10.1 Å². The van der Waals surface area contributed by atoms with Crippen molar-refractivity contribution >= 4 is 11.7 Å². The van der Waals surface area contributed by atoms with Gasteiger partial charge in [-0.15, -0.1) is 0 Å². The molecule has 16 heavy (non-hydrogen) atoms. The quantitative estimate of drug-likeness (QED) is 0.809. The molecule has 0 unspecified atom stereocenters. The van der Waals surface area contributed by atoms with E-state index in [0.29, 0.717) is 0 Å². The first kappa shape index (κ1) is 12.4. The summed E-state index contributed by atoms with van der Waals surface area (Å²) in [4.78, 5) is 11.3. The molecular formula is C11H13F2NO2. The largest absolute Gasteiger partial charge is 0.465 e. The van der Waals surface area contributed by atoms with Crippen LogP contribution in [0.15, 0.2) is 12.1 Å². The topological polar surface area (TPSA) is 38.3 Å². The number of hydrogen-bond acceptors (Lipinski definition) is 3. The summed E-state index contributed by atoms with van der Waals surface area (Å²) in [6.07, 6.45) is 0. The standard InChI is InChI=1S/C11H13F2NO2/c1-6(2)14-10-5-9(13)8(12)4-7(10)11(15)16-3/h4-6,14H,1-3H3. The Kier molecular flexibility index (Phi) is 3.82. The fraction of sp³-hybridized carbons (Fsp3) is 0.364. The summed E-state index contributed by atoms with van der Waals surface area (Å²) in [5.74, 6) is -2.78. The van der Waals surface area contributed by atoms with E-state index in [4.69, 9.17) is 0 Å². The molecule has 0 fully saturated rings. The van der Waals surface area contributed by atoms with E-state index in [1.54, 1.807) is 0 Å². The molecule has 0 radical (unpaired) electrons. The van der Waals surface area contributed by atoms with Gasteiger partial charge in [-0.1, -0.05) is 0 Å². The fourth-order valence-electron chi connectivity index (χ4n) is 1.26. The van der Waals surface area contributed by atoms with Gasteiger partial charge in [0.15, 0.2) is 11.6 Å². The molecule has 88 valence electrons. The highest BCUT2D eigenvalue weighted by molar-refractivity contribution is 5.95. The molecule has 1 aromatic carbocycles. The molecule has 0 aromatic heterocycles. The monoisotopic (exact) mass is 229 g/mol. The van der Waals surface area contributed by atoms with Crippen molar-refractivity contribution in [2.75, 3.05) is 12.4 Å². The van der Waals surface area contributed by atoms with Crippen LogP contribution in [0.4, 0.5) is 14.5 Å². The third-order valence-electron chi connectivity index (χ3n) is 1.91. The van der Waals surface area contributed by atoms with E-state index in [1.807, 2.05) is 13.8 Å².